The quantitative estimate of drug-likeness (QED) is 0.775. The van der Waals surface area contributed by atoms with E-state index in [0.717, 1.165) is 16.7 Å². The highest BCUT2D eigenvalue weighted by atomic mass is 16.4. The van der Waals surface area contributed by atoms with E-state index in [4.69, 9.17) is 10.8 Å². The molecule has 0 bridgehead atoms. The Hall–Kier alpha value is -2.29. The van der Waals surface area contributed by atoms with E-state index < -0.39 is 5.97 Å². The van der Waals surface area contributed by atoms with Crippen molar-refractivity contribution in [3.8, 4) is 11.1 Å². The second kappa shape index (κ2) is 4.29. The summed E-state index contributed by atoms with van der Waals surface area (Å²) in [5.41, 5.74) is 9.65. The van der Waals surface area contributed by atoms with E-state index in [-0.39, 0.29) is 0 Å². The Balaban J connectivity index is 2.46. The second-order valence-corrected chi connectivity index (χ2v) is 3.96. The molecule has 0 fully saturated rings. The summed E-state index contributed by atoms with van der Waals surface area (Å²) in [5, 5.41) is 8.89. The molecule has 0 unspecified atom stereocenters. The normalized spacial score (nSPS) is 10.2. The summed E-state index contributed by atoms with van der Waals surface area (Å²) in [6, 6.07) is 12.6. The lowest BCUT2D eigenvalue weighted by Gasteiger charge is -2.07. The van der Waals surface area contributed by atoms with E-state index in [0.29, 0.717) is 11.3 Å². The highest BCUT2D eigenvalue weighted by Gasteiger charge is 2.06. The summed E-state index contributed by atoms with van der Waals surface area (Å²) in [4.78, 5) is 10.8. The summed E-state index contributed by atoms with van der Waals surface area (Å²) in [7, 11) is 0. The van der Waals surface area contributed by atoms with Gasteiger partial charge in [-0.05, 0) is 47.9 Å². The third kappa shape index (κ3) is 2.28. The number of carboxylic acids is 1. The van der Waals surface area contributed by atoms with Crippen LogP contribution in [0.2, 0.25) is 0 Å². The van der Waals surface area contributed by atoms with Crippen molar-refractivity contribution in [3.63, 3.8) is 0 Å². The second-order valence-electron chi connectivity index (χ2n) is 3.96. The Bertz CT molecular complexity index is 559. The van der Waals surface area contributed by atoms with E-state index in [9.17, 15) is 4.79 Å². The molecular formula is C14H13NO2. The van der Waals surface area contributed by atoms with Gasteiger partial charge in [0.25, 0.3) is 0 Å². The van der Waals surface area contributed by atoms with Gasteiger partial charge < -0.3 is 10.8 Å². The molecule has 3 heteroatoms. The van der Waals surface area contributed by atoms with Crippen molar-refractivity contribution in [2.75, 3.05) is 5.73 Å². The number of carbonyl (C=O) groups is 1. The largest absolute Gasteiger partial charge is 0.478 e. The van der Waals surface area contributed by atoms with Crippen molar-refractivity contribution in [2.45, 2.75) is 6.92 Å². The molecule has 2 aromatic rings. The van der Waals surface area contributed by atoms with Gasteiger partial charge >= 0.3 is 5.97 Å². The molecule has 86 valence electrons. The highest BCUT2D eigenvalue weighted by molar-refractivity contribution is 5.89. The van der Waals surface area contributed by atoms with Crippen LogP contribution in [0.4, 0.5) is 5.69 Å². The van der Waals surface area contributed by atoms with Crippen LogP contribution >= 0.6 is 0 Å². The van der Waals surface area contributed by atoms with Gasteiger partial charge in [0.1, 0.15) is 0 Å². The first-order valence-electron chi connectivity index (χ1n) is 5.28. The average molecular weight is 227 g/mol. The minimum absolute atomic E-state index is 0.307. The van der Waals surface area contributed by atoms with Crippen molar-refractivity contribution >= 4 is 11.7 Å². The lowest BCUT2D eigenvalue weighted by atomic mass is 9.98. The van der Waals surface area contributed by atoms with Gasteiger partial charge in [0.05, 0.1) is 5.56 Å². The number of rotatable bonds is 2. The molecule has 0 radical (unpaired) electrons. The Morgan fingerprint density at radius 2 is 1.76 bits per heavy atom. The van der Waals surface area contributed by atoms with E-state index in [1.165, 1.54) is 0 Å². The Labute approximate surface area is 99.5 Å². The smallest absolute Gasteiger partial charge is 0.335 e. The number of anilines is 1. The Morgan fingerprint density at radius 3 is 2.29 bits per heavy atom. The van der Waals surface area contributed by atoms with Crippen LogP contribution < -0.4 is 5.73 Å². The summed E-state index contributed by atoms with van der Waals surface area (Å²) in [6.07, 6.45) is 0. The Morgan fingerprint density at radius 1 is 1.12 bits per heavy atom. The van der Waals surface area contributed by atoms with Gasteiger partial charge in [-0.15, -0.1) is 0 Å². The van der Waals surface area contributed by atoms with Crippen LogP contribution in [0.5, 0.6) is 0 Å². The molecule has 0 amide bonds. The first-order valence-corrected chi connectivity index (χ1v) is 5.28. The van der Waals surface area contributed by atoms with E-state index in [1.807, 2.05) is 37.3 Å². The molecule has 0 aliphatic rings. The van der Waals surface area contributed by atoms with Crippen LogP contribution in [-0.2, 0) is 0 Å². The number of aromatic carboxylic acids is 1. The number of benzene rings is 2. The van der Waals surface area contributed by atoms with Gasteiger partial charge in [-0.3, -0.25) is 0 Å². The first-order chi connectivity index (χ1) is 8.08. The molecule has 0 aliphatic heterocycles. The molecule has 0 aliphatic carbocycles. The first kappa shape index (κ1) is 11.2. The fourth-order valence-electron chi connectivity index (χ4n) is 1.78. The molecule has 0 spiro atoms. The van der Waals surface area contributed by atoms with Crippen molar-refractivity contribution in [3.05, 3.63) is 53.6 Å². The predicted molar refractivity (Wildman–Crippen MR) is 68.0 cm³/mol. The van der Waals surface area contributed by atoms with Gasteiger partial charge in [0.15, 0.2) is 0 Å². The average Bonchev–Trinajstić information content (AvgIpc) is 2.30. The van der Waals surface area contributed by atoms with Gasteiger partial charge in [-0.25, -0.2) is 4.79 Å². The third-order valence-corrected chi connectivity index (χ3v) is 2.70. The molecular weight excluding hydrogens is 214 g/mol. The van der Waals surface area contributed by atoms with Gasteiger partial charge in [0.2, 0.25) is 0 Å². The fourth-order valence-corrected chi connectivity index (χ4v) is 1.78. The molecule has 3 N–H and O–H groups in total. The maximum absolute atomic E-state index is 10.8. The van der Waals surface area contributed by atoms with Gasteiger partial charge in [-0.1, -0.05) is 18.2 Å². The topological polar surface area (TPSA) is 63.3 Å². The van der Waals surface area contributed by atoms with Gasteiger partial charge in [-0.2, -0.15) is 0 Å². The summed E-state index contributed by atoms with van der Waals surface area (Å²) < 4.78 is 0. The van der Waals surface area contributed by atoms with Crippen LogP contribution in [0, 0.1) is 6.92 Å². The number of nitrogen functional groups attached to an aromatic ring is 1. The van der Waals surface area contributed by atoms with Crippen LogP contribution in [0.15, 0.2) is 42.5 Å². The van der Waals surface area contributed by atoms with Crippen molar-refractivity contribution in [1.82, 2.24) is 0 Å². The predicted octanol–water partition coefficient (Wildman–Crippen LogP) is 2.94. The molecule has 0 atom stereocenters. The van der Waals surface area contributed by atoms with Crippen LogP contribution in [0.25, 0.3) is 11.1 Å². The van der Waals surface area contributed by atoms with Crippen LogP contribution in [0.1, 0.15) is 15.9 Å². The van der Waals surface area contributed by atoms with E-state index >= 15 is 0 Å². The van der Waals surface area contributed by atoms with E-state index in [1.54, 1.807) is 12.1 Å². The minimum Gasteiger partial charge on any atom is -0.478 e. The monoisotopic (exact) mass is 227 g/mol. The standard InChI is InChI=1S/C14H13NO2/c1-9-8-11(14(16)17)4-7-13(9)10-2-5-12(15)6-3-10/h2-8H,15H2,1H3,(H,16,17). The minimum atomic E-state index is -0.906. The lowest BCUT2D eigenvalue weighted by molar-refractivity contribution is 0.0697. The molecule has 3 nitrogen and oxygen atoms in total. The summed E-state index contributed by atoms with van der Waals surface area (Å²) >= 11 is 0. The number of hydrogen-bond donors (Lipinski definition) is 2. The molecule has 2 aromatic carbocycles. The van der Waals surface area contributed by atoms with Gasteiger partial charge in [0, 0.05) is 5.69 Å². The number of nitrogens with two attached hydrogens (primary N) is 1. The molecule has 0 saturated heterocycles. The zero-order valence-corrected chi connectivity index (χ0v) is 9.47. The maximum atomic E-state index is 10.8. The number of aryl methyl sites for hydroxylation is 1. The fraction of sp³-hybridized carbons (Fsp3) is 0.0714. The van der Waals surface area contributed by atoms with Crippen LogP contribution in [0.3, 0.4) is 0 Å². The molecule has 0 saturated carbocycles. The third-order valence-electron chi connectivity index (χ3n) is 2.70. The number of carboxylic acid groups (broad SMARTS) is 1. The highest BCUT2D eigenvalue weighted by Crippen LogP contribution is 2.25. The molecule has 2 rings (SSSR count). The molecule has 0 aromatic heterocycles. The number of hydrogen-bond acceptors (Lipinski definition) is 2. The van der Waals surface area contributed by atoms with Crippen molar-refractivity contribution < 1.29 is 9.90 Å². The zero-order valence-electron chi connectivity index (χ0n) is 9.47. The summed E-state index contributed by atoms with van der Waals surface area (Å²) in [5.74, 6) is -0.906. The maximum Gasteiger partial charge on any atom is 0.335 e. The Kier molecular flexibility index (Phi) is 2.83. The van der Waals surface area contributed by atoms with Crippen molar-refractivity contribution in [1.29, 1.82) is 0 Å². The van der Waals surface area contributed by atoms with Crippen LogP contribution in [-0.4, -0.2) is 11.1 Å². The van der Waals surface area contributed by atoms with E-state index in [2.05, 4.69) is 0 Å². The molecule has 17 heavy (non-hydrogen) atoms. The summed E-state index contributed by atoms with van der Waals surface area (Å²) in [6.45, 7) is 1.90. The molecule has 0 heterocycles. The SMILES string of the molecule is Cc1cc(C(=O)O)ccc1-c1ccc(N)cc1. The van der Waals surface area contributed by atoms with Crippen molar-refractivity contribution in [2.24, 2.45) is 0 Å². The zero-order chi connectivity index (χ0) is 12.4. The lowest BCUT2D eigenvalue weighted by Crippen LogP contribution is -1.97.